The average Bonchev–Trinajstić information content (AvgIpc) is 2.55. The molecule has 2 N–H and O–H groups in total. The zero-order chi connectivity index (χ0) is 20.7. The summed E-state index contributed by atoms with van der Waals surface area (Å²) in [6, 6.07) is 0. The number of rotatable bonds is 10. The first-order valence-electron chi connectivity index (χ1n) is 8.30. The molecule has 0 aliphatic heterocycles. The van der Waals surface area contributed by atoms with Gasteiger partial charge < -0.3 is 19.7 Å². The molecule has 8 heteroatoms. The van der Waals surface area contributed by atoms with E-state index < -0.39 is 30.3 Å². The van der Waals surface area contributed by atoms with Crippen LogP contribution in [0.3, 0.4) is 0 Å². The van der Waals surface area contributed by atoms with E-state index in [-0.39, 0.29) is 24.2 Å². The van der Waals surface area contributed by atoms with Gasteiger partial charge in [0.25, 0.3) is 0 Å². The van der Waals surface area contributed by atoms with E-state index in [4.69, 9.17) is 10.2 Å². The van der Waals surface area contributed by atoms with Gasteiger partial charge in [-0.15, -0.1) is 0 Å². The highest BCUT2D eigenvalue weighted by Crippen LogP contribution is 2.16. The summed E-state index contributed by atoms with van der Waals surface area (Å²) in [7, 11) is 0. The van der Waals surface area contributed by atoms with Crippen molar-refractivity contribution in [2.24, 2.45) is 0 Å². The summed E-state index contributed by atoms with van der Waals surface area (Å²) in [4.78, 5) is 42.9. The van der Waals surface area contributed by atoms with Crippen molar-refractivity contribution in [1.82, 2.24) is 0 Å². The molecule has 0 rings (SSSR count). The molecule has 0 aromatic heterocycles. The summed E-state index contributed by atoms with van der Waals surface area (Å²) < 4.78 is 9.27. The summed E-state index contributed by atoms with van der Waals surface area (Å²) in [6.07, 6.45) is 0.676. The van der Waals surface area contributed by atoms with E-state index in [1.54, 1.807) is 13.8 Å². The van der Waals surface area contributed by atoms with E-state index in [2.05, 4.69) is 16.1 Å². The predicted molar refractivity (Wildman–Crippen MR) is 94.5 cm³/mol. The fourth-order valence-electron chi connectivity index (χ4n) is 1.87. The number of esters is 2. The zero-order valence-electron chi connectivity index (χ0n) is 15.8. The van der Waals surface area contributed by atoms with Gasteiger partial charge in [0.15, 0.2) is 0 Å². The van der Waals surface area contributed by atoms with Crippen LogP contribution in [-0.2, 0) is 28.7 Å². The van der Waals surface area contributed by atoms with Crippen molar-refractivity contribution in [3.63, 3.8) is 0 Å². The first-order chi connectivity index (χ1) is 12.1. The van der Waals surface area contributed by atoms with Crippen LogP contribution < -0.4 is 0 Å². The Morgan fingerprint density at radius 2 is 1.35 bits per heavy atom. The van der Waals surface area contributed by atoms with Gasteiger partial charge in [-0.2, -0.15) is 0 Å². The molecule has 0 radical (unpaired) electrons. The van der Waals surface area contributed by atoms with Gasteiger partial charge in [0.05, 0.1) is 26.1 Å². The third-order valence-electron chi connectivity index (χ3n) is 3.09. The lowest BCUT2D eigenvalue weighted by Gasteiger charge is -2.05. The second kappa shape index (κ2) is 14.7. The molecule has 0 saturated heterocycles. The van der Waals surface area contributed by atoms with Crippen molar-refractivity contribution in [1.29, 1.82) is 0 Å². The monoisotopic (exact) mass is 372 g/mol. The molecule has 26 heavy (non-hydrogen) atoms. The SMILES string of the molecule is C=C(CC(=O)OCC)C(=O)OCC.CCC(CC)=C(CC(=O)O)C(=O)O. The van der Waals surface area contributed by atoms with Crippen LogP contribution in [0.2, 0.25) is 0 Å². The van der Waals surface area contributed by atoms with E-state index >= 15 is 0 Å². The van der Waals surface area contributed by atoms with Crippen LogP contribution in [0.1, 0.15) is 53.4 Å². The summed E-state index contributed by atoms with van der Waals surface area (Å²) in [5.74, 6) is -3.23. The summed E-state index contributed by atoms with van der Waals surface area (Å²) in [5, 5.41) is 17.2. The maximum absolute atomic E-state index is 11.0. The number of hydrogen-bond acceptors (Lipinski definition) is 6. The van der Waals surface area contributed by atoms with Crippen LogP contribution in [0.15, 0.2) is 23.3 Å². The van der Waals surface area contributed by atoms with Gasteiger partial charge in [-0.25, -0.2) is 9.59 Å². The number of aliphatic carboxylic acids is 2. The molecule has 8 nitrogen and oxygen atoms in total. The maximum atomic E-state index is 11.0. The summed E-state index contributed by atoms with van der Waals surface area (Å²) in [6.45, 7) is 11.0. The van der Waals surface area contributed by atoms with Crippen LogP contribution >= 0.6 is 0 Å². The lowest BCUT2D eigenvalue weighted by Crippen LogP contribution is -2.12. The van der Waals surface area contributed by atoms with Gasteiger partial charge in [-0.05, 0) is 26.7 Å². The molecule has 0 aromatic rings. The fraction of sp³-hybridized carbons (Fsp3) is 0.556. The Balaban J connectivity index is 0. The average molecular weight is 372 g/mol. The van der Waals surface area contributed by atoms with Crippen molar-refractivity contribution in [2.75, 3.05) is 13.2 Å². The second-order valence-corrected chi connectivity index (χ2v) is 4.97. The number of hydrogen-bond donors (Lipinski definition) is 2. The van der Waals surface area contributed by atoms with Crippen LogP contribution in [0.25, 0.3) is 0 Å². The van der Waals surface area contributed by atoms with Gasteiger partial charge >= 0.3 is 23.9 Å². The van der Waals surface area contributed by atoms with Gasteiger partial charge in [0.2, 0.25) is 0 Å². The standard InChI is InChI=1S/2C9H14O4/c1-4-12-8(10)6-7(3)9(11)13-5-2;1-3-6(4-2)7(9(12)13)5-8(10)11/h3-6H2,1-2H3;3-5H2,1-2H3,(H,10,11)(H,12,13). The number of allylic oxidation sites excluding steroid dienone is 1. The van der Waals surface area contributed by atoms with Crippen molar-refractivity contribution in [3.05, 3.63) is 23.3 Å². The molecule has 0 aliphatic carbocycles. The molecule has 0 fully saturated rings. The van der Waals surface area contributed by atoms with Gasteiger partial charge in [-0.3, -0.25) is 9.59 Å². The van der Waals surface area contributed by atoms with E-state index in [0.717, 1.165) is 0 Å². The van der Waals surface area contributed by atoms with Gasteiger partial charge in [-0.1, -0.05) is 26.0 Å². The van der Waals surface area contributed by atoms with Crippen molar-refractivity contribution in [2.45, 2.75) is 53.4 Å². The Hall–Kier alpha value is -2.64. The molecule has 0 aliphatic rings. The van der Waals surface area contributed by atoms with Crippen LogP contribution in [0, 0.1) is 0 Å². The number of ether oxygens (including phenoxy) is 2. The van der Waals surface area contributed by atoms with Crippen LogP contribution in [0.4, 0.5) is 0 Å². The van der Waals surface area contributed by atoms with Gasteiger partial charge in [0, 0.05) is 11.1 Å². The largest absolute Gasteiger partial charge is 0.481 e. The maximum Gasteiger partial charge on any atom is 0.333 e. The minimum Gasteiger partial charge on any atom is -0.481 e. The Kier molecular flexibility index (Phi) is 14.5. The molecule has 0 aromatic carbocycles. The topological polar surface area (TPSA) is 127 Å². The Morgan fingerprint density at radius 3 is 1.69 bits per heavy atom. The van der Waals surface area contributed by atoms with Crippen molar-refractivity contribution < 1.29 is 38.9 Å². The minimum atomic E-state index is -1.12. The van der Waals surface area contributed by atoms with Gasteiger partial charge in [0.1, 0.15) is 0 Å². The molecule has 0 heterocycles. The molecule has 0 amide bonds. The molecule has 0 spiro atoms. The first kappa shape index (κ1) is 25.6. The number of carboxylic acids is 2. The highest BCUT2D eigenvalue weighted by Gasteiger charge is 2.15. The normalized spacial score (nSPS) is 9.23. The Labute approximate surface area is 153 Å². The highest BCUT2D eigenvalue weighted by atomic mass is 16.5. The predicted octanol–water partition coefficient (Wildman–Crippen LogP) is 2.72. The third kappa shape index (κ3) is 11.8. The molecule has 0 atom stereocenters. The smallest absolute Gasteiger partial charge is 0.333 e. The third-order valence-corrected chi connectivity index (χ3v) is 3.09. The second-order valence-electron chi connectivity index (χ2n) is 4.97. The quantitative estimate of drug-likeness (QED) is 0.442. The number of carboxylic acid groups (broad SMARTS) is 2. The first-order valence-corrected chi connectivity index (χ1v) is 8.30. The molecule has 148 valence electrons. The molecular formula is C18H28O8. The summed E-state index contributed by atoms with van der Waals surface area (Å²) in [5.41, 5.74) is 0.854. The number of carbonyl (C=O) groups excluding carboxylic acids is 2. The van der Waals surface area contributed by atoms with E-state index in [1.165, 1.54) is 0 Å². The Morgan fingerprint density at radius 1 is 0.846 bits per heavy atom. The minimum absolute atomic E-state index is 0.0255. The Bertz CT molecular complexity index is 539. The van der Waals surface area contributed by atoms with E-state index in [0.29, 0.717) is 25.0 Å². The summed E-state index contributed by atoms with van der Waals surface area (Å²) >= 11 is 0. The van der Waals surface area contributed by atoms with Crippen molar-refractivity contribution in [3.8, 4) is 0 Å². The lowest BCUT2D eigenvalue weighted by molar-refractivity contribution is -0.145. The van der Waals surface area contributed by atoms with E-state index in [9.17, 15) is 19.2 Å². The molecule has 0 unspecified atom stereocenters. The number of carbonyl (C=O) groups is 4. The van der Waals surface area contributed by atoms with Crippen LogP contribution in [0.5, 0.6) is 0 Å². The lowest BCUT2D eigenvalue weighted by atomic mass is 10.0. The highest BCUT2D eigenvalue weighted by molar-refractivity contribution is 5.93. The molecule has 0 bridgehead atoms. The van der Waals surface area contributed by atoms with Crippen LogP contribution in [-0.4, -0.2) is 47.3 Å². The fourth-order valence-corrected chi connectivity index (χ4v) is 1.87. The van der Waals surface area contributed by atoms with E-state index in [1.807, 2.05) is 13.8 Å². The zero-order valence-corrected chi connectivity index (χ0v) is 15.8. The molecule has 0 saturated carbocycles. The molecular weight excluding hydrogens is 344 g/mol. The van der Waals surface area contributed by atoms with Crippen molar-refractivity contribution >= 4 is 23.9 Å².